The summed E-state index contributed by atoms with van der Waals surface area (Å²) in [5.41, 5.74) is 0. The summed E-state index contributed by atoms with van der Waals surface area (Å²) < 4.78 is 10.3. The Morgan fingerprint density at radius 1 is 1.17 bits per heavy atom. The predicted octanol–water partition coefficient (Wildman–Crippen LogP) is 1.53. The van der Waals surface area contributed by atoms with Crippen LogP contribution in [0, 0.1) is 0 Å². The molecule has 3 heterocycles. The summed E-state index contributed by atoms with van der Waals surface area (Å²) in [4.78, 5) is 17.1. The molecule has 0 bridgehead atoms. The maximum atomic E-state index is 12.3. The number of carbonyl (C=O) groups is 1. The molecule has 0 saturated carbocycles. The number of hydrogen-bond donors (Lipinski definition) is 0. The quantitative estimate of drug-likeness (QED) is 0.738. The summed E-state index contributed by atoms with van der Waals surface area (Å²) in [5.74, 6) is 1.40. The summed E-state index contributed by atoms with van der Waals surface area (Å²) in [6, 6.07) is 7.47. The third-order valence-corrected chi connectivity index (χ3v) is 4.64. The number of thiophene rings is 1. The highest BCUT2D eigenvalue weighted by Gasteiger charge is 2.23. The summed E-state index contributed by atoms with van der Waals surface area (Å²) in [6.07, 6.45) is 0. The number of aromatic nitrogens is 2. The Kier molecular flexibility index (Phi) is 5.60. The highest BCUT2D eigenvalue weighted by atomic mass is 32.1. The molecular weight excluding hydrogens is 328 g/mol. The molecule has 0 atom stereocenters. The molecule has 0 N–H and O–H groups in total. The Balaban J connectivity index is 1.52. The topological polar surface area (TPSA) is 67.8 Å². The first kappa shape index (κ1) is 16.7. The molecule has 1 aliphatic heterocycles. The van der Waals surface area contributed by atoms with Crippen molar-refractivity contribution in [2.45, 2.75) is 0 Å². The van der Waals surface area contributed by atoms with E-state index in [1.165, 1.54) is 11.3 Å². The normalized spacial score (nSPS) is 14.7. The fourth-order valence-corrected chi connectivity index (χ4v) is 3.17. The molecule has 2 aromatic rings. The lowest BCUT2D eigenvalue weighted by Crippen LogP contribution is -2.48. The molecule has 0 aliphatic carbocycles. The van der Waals surface area contributed by atoms with E-state index < -0.39 is 0 Å². The Bertz CT molecular complexity index is 640. The second-order valence-electron chi connectivity index (χ2n) is 5.33. The van der Waals surface area contributed by atoms with Crippen molar-refractivity contribution in [3.05, 3.63) is 34.5 Å². The van der Waals surface area contributed by atoms with Gasteiger partial charge in [-0.2, -0.15) is 0 Å². The van der Waals surface area contributed by atoms with Crippen LogP contribution in [0.5, 0.6) is 5.88 Å². The van der Waals surface area contributed by atoms with E-state index in [1.54, 1.807) is 13.2 Å². The van der Waals surface area contributed by atoms with Crippen LogP contribution < -0.4 is 9.64 Å². The number of amides is 1. The molecule has 128 valence electrons. The highest BCUT2D eigenvalue weighted by Crippen LogP contribution is 2.18. The molecule has 1 saturated heterocycles. The third-order valence-electron chi connectivity index (χ3n) is 3.79. The molecule has 0 radical (unpaired) electrons. The second-order valence-corrected chi connectivity index (χ2v) is 6.28. The van der Waals surface area contributed by atoms with Crippen molar-refractivity contribution < 1.29 is 14.3 Å². The van der Waals surface area contributed by atoms with Crippen molar-refractivity contribution in [2.75, 3.05) is 51.4 Å². The van der Waals surface area contributed by atoms with Gasteiger partial charge >= 0.3 is 0 Å². The Hall–Kier alpha value is -2.19. The van der Waals surface area contributed by atoms with E-state index in [0.29, 0.717) is 32.2 Å². The van der Waals surface area contributed by atoms with Gasteiger partial charge in [0.2, 0.25) is 5.88 Å². The van der Waals surface area contributed by atoms with Crippen molar-refractivity contribution in [3.8, 4) is 5.88 Å². The molecule has 1 amide bonds. The number of nitrogens with zero attached hydrogens (tertiary/aromatic N) is 4. The molecule has 1 fully saturated rings. The summed E-state index contributed by atoms with van der Waals surface area (Å²) in [5, 5.41) is 10.2. The minimum Gasteiger partial charge on any atom is -0.474 e. The number of carbonyl (C=O) groups excluding carboxylic acids is 1. The van der Waals surface area contributed by atoms with Crippen molar-refractivity contribution in [3.63, 3.8) is 0 Å². The average Bonchev–Trinajstić information content (AvgIpc) is 3.17. The van der Waals surface area contributed by atoms with E-state index in [-0.39, 0.29) is 5.91 Å². The average molecular weight is 348 g/mol. The SMILES string of the molecule is COCCOc1ccc(N2CCN(C(=O)c3cccs3)CC2)nn1. The summed E-state index contributed by atoms with van der Waals surface area (Å²) in [6.45, 7) is 3.83. The summed E-state index contributed by atoms with van der Waals surface area (Å²) >= 11 is 1.48. The van der Waals surface area contributed by atoms with Gasteiger partial charge in [0.05, 0.1) is 11.5 Å². The molecule has 1 aliphatic rings. The van der Waals surface area contributed by atoms with Crippen LogP contribution in [0.25, 0.3) is 0 Å². The lowest BCUT2D eigenvalue weighted by Gasteiger charge is -2.34. The van der Waals surface area contributed by atoms with Crippen LogP contribution in [0.2, 0.25) is 0 Å². The first-order valence-electron chi connectivity index (χ1n) is 7.81. The van der Waals surface area contributed by atoms with Gasteiger partial charge in [0, 0.05) is 39.4 Å². The van der Waals surface area contributed by atoms with Gasteiger partial charge in [-0.3, -0.25) is 4.79 Å². The highest BCUT2D eigenvalue weighted by molar-refractivity contribution is 7.12. The standard InChI is InChI=1S/C16H20N4O3S/c1-22-10-11-23-15-5-4-14(17-18-15)19-6-8-20(9-7-19)16(21)13-3-2-12-24-13/h2-5,12H,6-11H2,1H3. The molecule has 3 rings (SSSR count). The zero-order valence-corrected chi connectivity index (χ0v) is 14.4. The fraction of sp³-hybridized carbons (Fsp3) is 0.438. The number of anilines is 1. The third kappa shape index (κ3) is 4.01. The minimum absolute atomic E-state index is 0.109. The largest absolute Gasteiger partial charge is 0.474 e. The van der Waals surface area contributed by atoms with Gasteiger partial charge in [-0.25, -0.2) is 0 Å². The molecule has 24 heavy (non-hydrogen) atoms. The predicted molar refractivity (Wildman–Crippen MR) is 91.8 cm³/mol. The maximum Gasteiger partial charge on any atom is 0.264 e. The maximum absolute atomic E-state index is 12.3. The van der Waals surface area contributed by atoms with Crippen molar-refractivity contribution in [1.82, 2.24) is 15.1 Å². The molecule has 8 heteroatoms. The van der Waals surface area contributed by atoms with Crippen LogP contribution >= 0.6 is 11.3 Å². The Morgan fingerprint density at radius 3 is 2.62 bits per heavy atom. The number of rotatable bonds is 6. The zero-order valence-electron chi connectivity index (χ0n) is 13.6. The van der Waals surface area contributed by atoms with Gasteiger partial charge in [-0.05, 0) is 17.5 Å². The number of ether oxygens (including phenoxy) is 2. The number of piperazine rings is 1. The van der Waals surface area contributed by atoms with Crippen LogP contribution in [0.3, 0.4) is 0 Å². The summed E-state index contributed by atoms with van der Waals surface area (Å²) in [7, 11) is 1.63. The van der Waals surface area contributed by atoms with Crippen LogP contribution in [0.15, 0.2) is 29.6 Å². The molecule has 0 spiro atoms. The number of hydrogen-bond acceptors (Lipinski definition) is 7. The Labute approximate surface area is 144 Å². The Morgan fingerprint density at radius 2 is 2.00 bits per heavy atom. The van der Waals surface area contributed by atoms with Crippen molar-refractivity contribution >= 4 is 23.1 Å². The van der Waals surface area contributed by atoms with Crippen LogP contribution in [-0.4, -0.2) is 67.5 Å². The minimum atomic E-state index is 0.109. The molecule has 7 nitrogen and oxygen atoms in total. The van der Waals surface area contributed by atoms with E-state index >= 15 is 0 Å². The van der Waals surface area contributed by atoms with Crippen LogP contribution in [0.4, 0.5) is 5.82 Å². The monoisotopic (exact) mass is 348 g/mol. The molecule has 0 aromatic carbocycles. The smallest absolute Gasteiger partial charge is 0.264 e. The van der Waals surface area contributed by atoms with Gasteiger partial charge in [0.25, 0.3) is 5.91 Å². The van der Waals surface area contributed by atoms with E-state index in [2.05, 4.69) is 15.1 Å². The van der Waals surface area contributed by atoms with Crippen LogP contribution in [0.1, 0.15) is 9.67 Å². The van der Waals surface area contributed by atoms with E-state index in [4.69, 9.17) is 9.47 Å². The van der Waals surface area contributed by atoms with Crippen molar-refractivity contribution in [1.29, 1.82) is 0 Å². The lowest BCUT2D eigenvalue weighted by molar-refractivity contribution is 0.0751. The van der Waals surface area contributed by atoms with Crippen LogP contribution in [-0.2, 0) is 4.74 Å². The van der Waals surface area contributed by atoms with Crippen molar-refractivity contribution in [2.24, 2.45) is 0 Å². The van der Waals surface area contributed by atoms with Gasteiger partial charge in [-0.1, -0.05) is 6.07 Å². The van der Waals surface area contributed by atoms with E-state index in [9.17, 15) is 4.79 Å². The fourth-order valence-electron chi connectivity index (χ4n) is 2.48. The van der Waals surface area contributed by atoms with Gasteiger partial charge in [0.15, 0.2) is 5.82 Å². The zero-order chi connectivity index (χ0) is 16.8. The first-order valence-corrected chi connectivity index (χ1v) is 8.69. The molecule has 0 unspecified atom stereocenters. The van der Waals surface area contributed by atoms with E-state index in [0.717, 1.165) is 23.8 Å². The lowest BCUT2D eigenvalue weighted by atomic mass is 10.3. The van der Waals surface area contributed by atoms with Gasteiger partial charge < -0.3 is 19.3 Å². The van der Waals surface area contributed by atoms with Gasteiger partial charge in [-0.15, -0.1) is 21.5 Å². The number of methoxy groups -OCH3 is 1. The van der Waals surface area contributed by atoms with Gasteiger partial charge in [0.1, 0.15) is 6.61 Å². The molecular formula is C16H20N4O3S. The second kappa shape index (κ2) is 8.07. The molecule has 2 aromatic heterocycles. The van der Waals surface area contributed by atoms with E-state index in [1.807, 2.05) is 28.5 Å². The first-order chi connectivity index (χ1) is 11.8.